The molecule has 1 N–H and O–H groups in total. The van der Waals surface area contributed by atoms with Crippen LogP contribution in [-0.2, 0) is 9.53 Å². The van der Waals surface area contributed by atoms with Crippen molar-refractivity contribution in [2.45, 2.75) is 25.9 Å². The number of nitrogens with one attached hydrogen (secondary N) is 1. The second-order valence-electron chi connectivity index (χ2n) is 4.43. The average molecular weight is 288 g/mol. The molecule has 4 nitrogen and oxygen atoms in total. The average Bonchev–Trinajstić information content (AvgIpc) is 2.88. The summed E-state index contributed by atoms with van der Waals surface area (Å²) in [5.74, 6) is -0.412. The number of ether oxygens (including phenoxy) is 1. The summed E-state index contributed by atoms with van der Waals surface area (Å²) < 4.78 is 42.4. The fourth-order valence-corrected chi connectivity index (χ4v) is 2.01. The molecule has 0 amide bonds. The van der Waals surface area contributed by atoms with Crippen LogP contribution in [0.25, 0.3) is 0 Å². The highest BCUT2D eigenvalue weighted by Crippen LogP contribution is 2.33. The van der Waals surface area contributed by atoms with E-state index in [1.807, 2.05) is 0 Å². The van der Waals surface area contributed by atoms with Crippen molar-refractivity contribution in [3.63, 3.8) is 0 Å². The summed E-state index contributed by atoms with van der Waals surface area (Å²) in [6.07, 6.45) is 0.00428. The summed E-state index contributed by atoms with van der Waals surface area (Å²) in [6, 6.07) is 0. The molecule has 0 fully saturated rings. The molecule has 7 heteroatoms. The molecule has 0 bridgehead atoms. The van der Waals surface area contributed by atoms with E-state index in [0.29, 0.717) is 17.8 Å². The van der Waals surface area contributed by atoms with Crippen LogP contribution >= 0.6 is 0 Å². The smallest absolute Gasteiger partial charge is 0.412 e. The fourth-order valence-electron chi connectivity index (χ4n) is 2.01. The third kappa shape index (κ3) is 3.22. The van der Waals surface area contributed by atoms with Gasteiger partial charge in [0, 0.05) is 24.0 Å². The Morgan fingerprint density at radius 1 is 1.40 bits per heavy atom. The van der Waals surface area contributed by atoms with Crippen molar-refractivity contribution >= 4 is 5.97 Å². The van der Waals surface area contributed by atoms with Gasteiger partial charge in [0.2, 0.25) is 0 Å². The predicted molar refractivity (Wildman–Crippen MR) is 66.0 cm³/mol. The number of nitrogens with zero attached hydrogens (tertiary/aromatic N) is 1. The molecular formula is C13H15F3N2O2. The van der Waals surface area contributed by atoms with E-state index in [1.165, 1.54) is 6.08 Å². The number of rotatable bonds is 3. The van der Waals surface area contributed by atoms with Crippen LogP contribution in [0, 0.1) is 0 Å². The lowest BCUT2D eigenvalue weighted by atomic mass is 10.0. The van der Waals surface area contributed by atoms with Crippen molar-refractivity contribution in [2.75, 3.05) is 13.2 Å². The van der Waals surface area contributed by atoms with Gasteiger partial charge in [-0.05, 0) is 25.8 Å². The lowest BCUT2D eigenvalue weighted by molar-refractivity contribution is -0.138. The molecule has 2 aliphatic rings. The maximum atomic E-state index is 12.5. The van der Waals surface area contributed by atoms with Crippen molar-refractivity contribution < 1.29 is 22.7 Å². The van der Waals surface area contributed by atoms with Crippen molar-refractivity contribution in [3.05, 3.63) is 35.2 Å². The number of allylic oxidation sites excluding steroid dienone is 4. The maximum absolute atomic E-state index is 12.5. The highest BCUT2D eigenvalue weighted by Gasteiger charge is 2.34. The zero-order valence-corrected chi connectivity index (χ0v) is 11.0. The first-order valence-corrected chi connectivity index (χ1v) is 6.29. The Morgan fingerprint density at radius 2 is 2.15 bits per heavy atom. The molecule has 110 valence electrons. The van der Waals surface area contributed by atoms with Crippen LogP contribution in [0.2, 0.25) is 0 Å². The molecule has 0 saturated heterocycles. The van der Waals surface area contributed by atoms with E-state index < -0.39 is 17.7 Å². The van der Waals surface area contributed by atoms with Gasteiger partial charge in [-0.2, -0.15) is 13.2 Å². The van der Waals surface area contributed by atoms with E-state index in [2.05, 4.69) is 5.43 Å². The van der Waals surface area contributed by atoms with E-state index >= 15 is 0 Å². The summed E-state index contributed by atoms with van der Waals surface area (Å²) in [6.45, 7) is 2.31. The number of halogens is 3. The van der Waals surface area contributed by atoms with Gasteiger partial charge in [0.05, 0.1) is 12.2 Å². The summed E-state index contributed by atoms with van der Waals surface area (Å²) in [4.78, 5) is 11.5. The first-order chi connectivity index (χ1) is 9.41. The summed E-state index contributed by atoms with van der Waals surface area (Å²) in [5, 5.41) is 1.58. The molecule has 0 atom stereocenters. The van der Waals surface area contributed by atoms with Gasteiger partial charge in [-0.25, -0.2) is 10.2 Å². The molecule has 1 aliphatic heterocycles. The standard InChI is InChI=1S/C13H15F3N2O2/c1-2-20-12(19)9-7-17-18(8-9)11-5-3-10(4-6-11)13(14,15)16/h3,5,8,17H,2,4,6-7H2,1H3. The van der Waals surface area contributed by atoms with Gasteiger partial charge in [-0.1, -0.05) is 6.08 Å². The van der Waals surface area contributed by atoms with E-state index in [4.69, 9.17) is 4.74 Å². The number of hydrazine groups is 1. The Hall–Kier alpha value is -1.76. The van der Waals surface area contributed by atoms with E-state index in [9.17, 15) is 18.0 Å². The number of hydrogen-bond donors (Lipinski definition) is 1. The third-order valence-electron chi connectivity index (χ3n) is 3.06. The molecule has 0 radical (unpaired) electrons. The van der Waals surface area contributed by atoms with Crippen LogP contribution in [0.5, 0.6) is 0 Å². The maximum Gasteiger partial charge on any atom is 0.412 e. The Bertz CT molecular complexity index is 492. The number of alkyl halides is 3. The summed E-state index contributed by atoms with van der Waals surface area (Å²) in [7, 11) is 0. The van der Waals surface area contributed by atoms with Gasteiger partial charge in [-0.15, -0.1) is 0 Å². The monoisotopic (exact) mass is 288 g/mol. The molecule has 0 aromatic heterocycles. The van der Waals surface area contributed by atoms with Crippen LogP contribution in [0.1, 0.15) is 19.8 Å². The van der Waals surface area contributed by atoms with Crippen LogP contribution in [0.4, 0.5) is 13.2 Å². The Balaban J connectivity index is 2.06. The number of carbonyl (C=O) groups excluding carboxylic acids is 1. The predicted octanol–water partition coefficient (Wildman–Crippen LogP) is 2.42. The third-order valence-corrected chi connectivity index (χ3v) is 3.06. The summed E-state index contributed by atoms with van der Waals surface area (Å²) >= 11 is 0. The second-order valence-corrected chi connectivity index (χ2v) is 4.43. The van der Waals surface area contributed by atoms with Crippen molar-refractivity contribution in [1.82, 2.24) is 10.4 Å². The molecule has 1 heterocycles. The first kappa shape index (κ1) is 14.6. The molecule has 0 aromatic carbocycles. The molecule has 1 aliphatic carbocycles. The lowest BCUT2D eigenvalue weighted by Crippen LogP contribution is -2.29. The van der Waals surface area contributed by atoms with Crippen LogP contribution < -0.4 is 5.43 Å². The molecule has 0 saturated carbocycles. The minimum atomic E-state index is -4.27. The summed E-state index contributed by atoms with van der Waals surface area (Å²) in [5.41, 5.74) is 3.55. The van der Waals surface area contributed by atoms with Crippen molar-refractivity contribution in [3.8, 4) is 0 Å². The fraction of sp³-hybridized carbons (Fsp3) is 0.462. The largest absolute Gasteiger partial charge is 0.463 e. The van der Waals surface area contributed by atoms with Crippen LogP contribution in [0.15, 0.2) is 35.2 Å². The van der Waals surface area contributed by atoms with Gasteiger partial charge in [0.25, 0.3) is 0 Å². The Morgan fingerprint density at radius 3 is 2.70 bits per heavy atom. The van der Waals surface area contributed by atoms with Crippen LogP contribution in [-0.4, -0.2) is 30.3 Å². The molecule has 0 aromatic rings. The van der Waals surface area contributed by atoms with Gasteiger partial charge in [-0.3, -0.25) is 5.01 Å². The minimum Gasteiger partial charge on any atom is -0.463 e. The van der Waals surface area contributed by atoms with E-state index in [-0.39, 0.29) is 19.4 Å². The Kier molecular flexibility index (Phi) is 4.17. The quantitative estimate of drug-likeness (QED) is 0.810. The van der Waals surface area contributed by atoms with Gasteiger partial charge in [0.15, 0.2) is 0 Å². The number of hydrogen-bond acceptors (Lipinski definition) is 4. The van der Waals surface area contributed by atoms with Crippen LogP contribution in [0.3, 0.4) is 0 Å². The number of carbonyl (C=O) groups is 1. The van der Waals surface area contributed by atoms with Gasteiger partial charge < -0.3 is 4.74 Å². The molecule has 2 rings (SSSR count). The molecule has 20 heavy (non-hydrogen) atoms. The zero-order valence-electron chi connectivity index (χ0n) is 11.0. The SMILES string of the molecule is CCOC(=O)C1=CN(C2=CC=C(C(F)(F)F)CC2)NC1. The minimum absolute atomic E-state index is 0.0594. The topological polar surface area (TPSA) is 41.6 Å². The van der Waals surface area contributed by atoms with Gasteiger partial charge in [0.1, 0.15) is 0 Å². The first-order valence-electron chi connectivity index (χ1n) is 6.29. The van der Waals surface area contributed by atoms with Crippen molar-refractivity contribution in [2.24, 2.45) is 0 Å². The lowest BCUT2D eigenvalue weighted by Gasteiger charge is -2.23. The molecule has 0 spiro atoms. The highest BCUT2D eigenvalue weighted by atomic mass is 19.4. The number of esters is 1. The van der Waals surface area contributed by atoms with E-state index in [1.54, 1.807) is 18.1 Å². The Labute approximate surface area is 114 Å². The highest BCUT2D eigenvalue weighted by molar-refractivity contribution is 5.89. The normalized spacial score (nSPS) is 19.4. The van der Waals surface area contributed by atoms with Gasteiger partial charge >= 0.3 is 12.1 Å². The van der Waals surface area contributed by atoms with Crippen molar-refractivity contribution in [1.29, 1.82) is 0 Å². The second kappa shape index (κ2) is 5.70. The zero-order chi connectivity index (χ0) is 14.8. The molecular weight excluding hydrogens is 273 g/mol. The van der Waals surface area contributed by atoms with E-state index in [0.717, 1.165) is 6.08 Å². The molecule has 0 unspecified atom stereocenters.